The molecule has 3 aromatic carbocycles. The van der Waals surface area contributed by atoms with Crippen molar-refractivity contribution in [3.8, 4) is 5.75 Å². The Morgan fingerprint density at radius 1 is 0.931 bits per heavy atom. The molecule has 0 saturated carbocycles. The van der Waals surface area contributed by atoms with Crippen molar-refractivity contribution in [2.45, 2.75) is 26.2 Å². The number of hydrogen-bond donors (Lipinski definition) is 1. The molecule has 1 N–H and O–H groups in total. The van der Waals surface area contributed by atoms with Crippen LogP contribution in [0.15, 0.2) is 89.9 Å². The lowest BCUT2D eigenvalue weighted by molar-refractivity contribution is 0.154. The Hall–Kier alpha value is -3.37. The molecule has 1 atom stereocenters. The van der Waals surface area contributed by atoms with Gasteiger partial charge in [0.1, 0.15) is 6.61 Å². The van der Waals surface area contributed by atoms with Crippen LogP contribution in [0.3, 0.4) is 0 Å². The van der Waals surface area contributed by atoms with Gasteiger partial charge < -0.3 is 14.4 Å². The van der Waals surface area contributed by atoms with Crippen molar-refractivity contribution in [3.05, 3.63) is 112 Å². The van der Waals surface area contributed by atoms with Gasteiger partial charge in [-0.2, -0.15) is 0 Å². The summed E-state index contributed by atoms with van der Waals surface area (Å²) in [4.78, 5) is 12.3. The lowest BCUT2D eigenvalue weighted by Crippen LogP contribution is -2.17. The zero-order valence-electron chi connectivity index (χ0n) is 16.3. The minimum absolute atomic E-state index is 0.158. The first-order valence-electron chi connectivity index (χ1n) is 9.65. The highest BCUT2D eigenvalue weighted by molar-refractivity contribution is 5.83. The van der Waals surface area contributed by atoms with Crippen LogP contribution in [-0.4, -0.2) is 9.67 Å². The first-order valence-corrected chi connectivity index (χ1v) is 9.65. The molecule has 4 rings (SSSR count). The molecule has 0 radical (unpaired) electrons. The number of aromatic nitrogens is 1. The SMILES string of the molecule is Cc1c(OCc2ccccc2)c(=O)ccn1C[C@@H](O)c1ccc2ccccc2c1. The highest BCUT2D eigenvalue weighted by Gasteiger charge is 2.14. The van der Waals surface area contributed by atoms with E-state index >= 15 is 0 Å². The summed E-state index contributed by atoms with van der Waals surface area (Å²) in [6.45, 7) is 2.51. The number of aliphatic hydroxyl groups is 1. The molecule has 0 aliphatic heterocycles. The van der Waals surface area contributed by atoms with Gasteiger partial charge in [0.25, 0.3) is 0 Å². The van der Waals surface area contributed by atoms with Gasteiger partial charge in [0.05, 0.1) is 18.3 Å². The molecule has 0 unspecified atom stereocenters. The predicted octanol–water partition coefficient (Wildman–Crippen LogP) is 4.62. The average Bonchev–Trinajstić information content (AvgIpc) is 2.76. The van der Waals surface area contributed by atoms with Crippen LogP contribution in [0.25, 0.3) is 10.8 Å². The van der Waals surface area contributed by atoms with Gasteiger partial charge in [0.15, 0.2) is 5.75 Å². The van der Waals surface area contributed by atoms with Crippen molar-refractivity contribution in [1.29, 1.82) is 0 Å². The fraction of sp³-hybridized carbons (Fsp3) is 0.160. The first-order chi connectivity index (χ1) is 14.1. The zero-order valence-corrected chi connectivity index (χ0v) is 16.3. The molecule has 0 spiro atoms. The van der Waals surface area contributed by atoms with Gasteiger partial charge in [-0.25, -0.2) is 0 Å². The molecular weight excluding hydrogens is 362 g/mol. The monoisotopic (exact) mass is 385 g/mol. The van der Waals surface area contributed by atoms with E-state index in [1.807, 2.05) is 84.3 Å². The third-order valence-electron chi connectivity index (χ3n) is 5.14. The van der Waals surface area contributed by atoms with Gasteiger partial charge in [-0.3, -0.25) is 4.79 Å². The minimum atomic E-state index is -0.692. The number of benzene rings is 3. The third kappa shape index (κ3) is 4.23. The van der Waals surface area contributed by atoms with Gasteiger partial charge in [-0.1, -0.05) is 66.7 Å². The lowest BCUT2D eigenvalue weighted by atomic mass is 10.0. The molecule has 4 heteroatoms. The van der Waals surface area contributed by atoms with Crippen molar-refractivity contribution in [2.75, 3.05) is 0 Å². The van der Waals surface area contributed by atoms with E-state index < -0.39 is 6.10 Å². The standard InChI is InChI=1S/C25H23NO3/c1-18-25(29-17-19-7-3-2-4-8-19)23(27)13-14-26(18)16-24(28)22-12-11-20-9-5-6-10-21(20)15-22/h2-15,24,28H,16-17H2,1H3/t24-/m1/s1. The van der Waals surface area contributed by atoms with Crippen LogP contribution in [0.1, 0.15) is 22.9 Å². The summed E-state index contributed by atoms with van der Waals surface area (Å²) in [6.07, 6.45) is 1.01. The minimum Gasteiger partial charge on any atom is -0.483 e. The first kappa shape index (κ1) is 19.0. The summed E-state index contributed by atoms with van der Waals surface area (Å²) in [7, 11) is 0. The summed E-state index contributed by atoms with van der Waals surface area (Å²) in [5.41, 5.74) is 2.38. The summed E-state index contributed by atoms with van der Waals surface area (Å²) in [5, 5.41) is 13.0. The van der Waals surface area contributed by atoms with E-state index in [0.717, 1.165) is 21.9 Å². The number of ether oxygens (including phenoxy) is 1. The molecule has 0 aliphatic carbocycles. The van der Waals surface area contributed by atoms with Crippen molar-refractivity contribution in [3.63, 3.8) is 0 Å². The predicted molar refractivity (Wildman–Crippen MR) is 115 cm³/mol. The van der Waals surface area contributed by atoms with Crippen LogP contribution in [0, 0.1) is 6.92 Å². The van der Waals surface area contributed by atoms with Crippen LogP contribution >= 0.6 is 0 Å². The van der Waals surface area contributed by atoms with Gasteiger partial charge >= 0.3 is 0 Å². The second-order valence-electron chi connectivity index (χ2n) is 7.14. The molecule has 0 amide bonds. The number of pyridine rings is 1. The topological polar surface area (TPSA) is 51.5 Å². The van der Waals surface area contributed by atoms with Crippen LogP contribution < -0.4 is 10.2 Å². The lowest BCUT2D eigenvalue weighted by Gasteiger charge is -2.18. The van der Waals surface area contributed by atoms with Crippen molar-refractivity contribution < 1.29 is 9.84 Å². The summed E-state index contributed by atoms with van der Waals surface area (Å²) in [6, 6.07) is 25.3. The van der Waals surface area contributed by atoms with E-state index in [1.54, 1.807) is 6.20 Å². The molecule has 1 aromatic heterocycles. The maximum atomic E-state index is 12.3. The Morgan fingerprint density at radius 2 is 1.66 bits per heavy atom. The molecule has 0 aliphatic rings. The van der Waals surface area contributed by atoms with Crippen molar-refractivity contribution in [2.24, 2.45) is 0 Å². The van der Waals surface area contributed by atoms with E-state index in [4.69, 9.17) is 4.74 Å². The quantitative estimate of drug-likeness (QED) is 0.527. The molecule has 4 nitrogen and oxygen atoms in total. The molecule has 0 bridgehead atoms. The molecule has 29 heavy (non-hydrogen) atoms. The molecule has 146 valence electrons. The number of aliphatic hydroxyl groups excluding tert-OH is 1. The third-order valence-corrected chi connectivity index (χ3v) is 5.14. The van der Waals surface area contributed by atoms with E-state index in [0.29, 0.717) is 24.6 Å². The summed E-state index contributed by atoms with van der Waals surface area (Å²) in [5.74, 6) is 0.321. The van der Waals surface area contributed by atoms with Crippen LogP contribution in [0.4, 0.5) is 0 Å². The fourth-order valence-corrected chi connectivity index (χ4v) is 3.46. The Bertz CT molecular complexity index is 1180. The Kier molecular flexibility index (Phi) is 5.45. The normalized spacial score (nSPS) is 12.1. The van der Waals surface area contributed by atoms with Gasteiger partial charge in [-0.15, -0.1) is 0 Å². The second-order valence-corrected chi connectivity index (χ2v) is 7.14. The van der Waals surface area contributed by atoms with Crippen LogP contribution in [-0.2, 0) is 13.2 Å². The second kappa shape index (κ2) is 8.33. The maximum absolute atomic E-state index is 12.3. The average molecular weight is 385 g/mol. The van der Waals surface area contributed by atoms with E-state index in [1.165, 1.54) is 6.07 Å². The Labute approximate surface area is 169 Å². The Balaban J connectivity index is 1.55. The largest absolute Gasteiger partial charge is 0.483 e. The van der Waals surface area contributed by atoms with Gasteiger partial charge in [0.2, 0.25) is 5.43 Å². The molecule has 0 saturated heterocycles. The van der Waals surface area contributed by atoms with Crippen molar-refractivity contribution in [1.82, 2.24) is 4.57 Å². The molecule has 4 aromatic rings. The maximum Gasteiger partial charge on any atom is 0.223 e. The van der Waals surface area contributed by atoms with Crippen molar-refractivity contribution >= 4 is 10.8 Å². The number of hydrogen-bond acceptors (Lipinski definition) is 3. The highest BCUT2D eigenvalue weighted by atomic mass is 16.5. The van der Waals surface area contributed by atoms with Gasteiger partial charge in [0, 0.05) is 12.3 Å². The Morgan fingerprint density at radius 3 is 2.45 bits per heavy atom. The highest BCUT2D eigenvalue weighted by Crippen LogP contribution is 2.23. The molecule has 1 heterocycles. The fourth-order valence-electron chi connectivity index (χ4n) is 3.46. The summed E-state index contributed by atoms with van der Waals surface area (Å²) >= 11 is 0. The van der Waals surface area contributed by atoms with Crippen LogP contribution in [0.5, 0.6) is 5.75 Å². The number of nitrogens with zero attached hydrogens (tertiary/aromatic N) is 1. The number of fused-ring (bicyclic) bond motifs is 1. The van der Waals surface area contributed by atoms with E-state index in [2.05, 4.69) is 0 Å². The zero-order chi connectivity index (χ0) is 20.2. The molecular formula is C25H23NO3. The smallest absolute Gasteiger partial charge is 0.223 e. The van der Waals surface area contributed by atoms with E-state index in [-0.39, 0.29) is 5.43 Å². The van der Waals surface area contributed by atoms with Gasteiger partial charge in [-0.05, 0) is 34.9 Å². The summed E-state index contributed by atoms with van der Waals surface area (Å²) < 4.78 is 7.69. The van der Waals surface area contributed by atoms with Crippen LogP contribution in [0.2, 0.25) is 0 Å². The number of rotatable bonds is 6. The van der Waals surface area contributed by atoms with E-state index in [9.17, 15) is 9.90 Å². The molecule has 0 fully saturated rings.